The van der Waals surface area contributed by atoms with Crippen LogP contribution in [-0.2, 0) is 14.8 Å². The average molecular weight is 579 g/mol. The number of hydrogen-bond acceptors (Lipinski definition) is 5. The smallest absolute Gasteiger partial charge is 0.328 e. The molecule has 0 spiro atoms. The predicted molar refractivity (Wildman–Crippen MR) is 163 cm³/mol. The lowest BCUT2D eigenvalue weighted by atomic mass is 9.84. The second-order valence-electron chi connectivity index (χ2n) is 11.4. The summed E-state index contributed by atoms with van der Waals surface area (Å²) in [5.41, 5.74) is 9.30. The monoisotopic (exact) mass is 578 g/mol. The molecule has 3 aromatic rings. The minimum atomic E-state index is -3.73. The normalized spacial score (nSPS) is 21.9. The molecule has 40 heavy (non-hydrogen) atoms. The van der Waals surface area contributed by atoms with Crippen molar-refractivity contribution in [3.63, 3.8) is 0 Å². The quantitative estimate of drug-likeness (QED) is 0.356. The Morgan fingerprint density at radius 1 is 0.900 bits per heavy atom. The topological polar surface area (TPSA) is 80.5 Å². The Kier molecular flexibility index (Phi) is 8.71. The van der Waals surface area contributed by atoms with Gasteiger partial charge in [-0.25, -0.2) is 0 Å². The van der Waals surface area contributed by atoms with E-state index in [1.165, 1.54) is 0 Å². The Hall–Kier alpha value is -2.65. The molecule has 212 valence electrons. The van der Waals surface area contributed by atoms with Crippen molar-refractivity contribution in [1.29, 1.82) is 0 Å². The first-order chi connectivity index (χ1) is 19.2. The van der Waals surface area contributed by atoms with E-state index in [1.54, 1.807) is 23.9 Å². The summed E-state index contributed by atoms with van der Waals surface area (Å²) in [6.07, 6.45) is 1.51. The minimum absolute atomic E-state index is 0.00327. The molecule has 0 bridgehead atoms. The van der Waals surface area contributed by atoms with Gasteiger partial charge in [-0.3, -0.25) is 4.79 Å². The third-order valence-corrected chi connectivity index (χ3v) is 12.3. The van der Waals surface area contributed by atoms with E-state index in [9.17, 15) is 13.2 Å². The van der Waals surface area contributed by atoms with Crippen LogP contribution >= 0.6 is 11.8 Å². The van der Waals surface area contributed by atoms with Gasteiger partial charge in [-0.15, -0.1) is 0 Å². The number of amides is 1. The maximum Gasteiger partial charge on any atom is 0.328 e. The number of likely N-dealkylation sites (tertiary alicyclic amines) is 1. The van der Waals surface area contributed by atoms with Crippen molar-refractivity contribution in [1.82, 2.24) is 4.90 Å². The molecule has 0 radical (unpaired) electrons. The van der Waals surface area contributed by atoms with Crippen molar-refractivity contribution in [3.05, 3.63) is 90.5 Å². The van der Waals surface area contributed by atoms with Gasteiger partial charge in [0, 0.05) is 30.3 Å². The average Bonchev–Trinajstić information content (AvgIpc) is 3.49. The van der Waals surface area contributed by atoms with E-state index in [1.807, 2.05) is 79.4 Å². The number of thioether (sulfide) groups is 1. The largest absolute Gasteiger partial charge is 0.341 e. The SMILES string of the molecule is CC(C)[C@H](N)C(=O)N1CCC(C(c2ccccc2)[N+]2(S(=O)(=O)c3ccc(-c4ccccc4)cc3)CCSC2)CC1. The number of benzene rings is 3. The van der Waals surface area contributed by atoms with E-state index >= 15 is 0 Å². The van der Waals surface area contributed by atoms with Gasteiger partial charge in [-0.2, -0.15) is 12.3 Å². The molecule has 3 atom stereocenters. The first-order valence-electron chi connectivity index (χ1n) is 14.2. The van der Waals surface area contributed by atoms with Crippen LogP contribution in [-0.4, -0.2) is 60.4 Å². The van der Waals surface area contributed by atoms with Crippen molar-refractivity contribution in [2.45, 2.75) is 43.7 Å². The first-order valence-corrected chi connectivity index (χ1v) is 16.8. The molecule has 2 saturated heterocycles. The minimum Gasteiger partial charge on any atom is -0.341 e. The molecular weight excluding hydrogens is 539 g/mol. The highest BCUT2D eigenvalue weighted by Crippen LogP contribution is 2.48. The molecule has 0 aromatic heterocycles. The van der Waals surface area contributed by atoms with E-state index in [2.05, 4.69) is 12.1 Å². The number of hydrogen-bond donors (Lipinski definition) is 1. The van der Waals surface area contributed by atoms with Gasteiger partial charge in [0.1, 0.15) is 23.4 Å². The molecule has 8 heteroatoms. The Bertz CT molecular complexity index is 1380. The molecule has 1 amide bonds. The summed E-state index contributed by atoms with van der Waals surface area (Å²) in [5, 5.41) is 0. The highest BCUT2D eigenvalue weighted by molar-refractivity contribution is 8.00. The number of rotatable bonds is 8. The Balaban J connectivity index is 1.49. The highest BCUT2D eigenvalue weighted by Gasteiger charge is 2.55. The van der Waals surface area contributed by atoms with Crippen molar-refractivity contribution >= 4 is 27.7 Å². The third kappa shape index (κ3) is 5.47. The molecule has 2 heterocycles. The van der Waals surface area contributed by atoms with Crippen molar-refractivity contribution in [3.8, 4) is 11.1 Å². The van der Waals surface area contributed by atoms with E-state index in [4.69, 9.17) is 5.73 Å². The lowest BCUT2D eigenvalue weighted by Gasteiger charge is -2.45. The second kappa shape index (κ2) is 12.1. The van der Waals surface area contributed by atoms with Crippen molar-refractivity contribution in [2.24, 2.45) is 17.6 Å². The maximum absolute atomic E-state index is 14.7. The van der Waals surface area contributed by atoms with Crippen LogP contribution in [0.1, 0.15) is 38.3 Å². The Labute approximate surface area is 243 Å². The summed E-state index contributed by atoms with van der Waals surface area (Å²) in [4.78, 5) is 15.2. The van der Waals surface area contributed by atoms with Gasteiger partial charge in [0.05, 0.1) is 6.04 Å². The predicted octanol–water partition coefficient (Wildman–Crippen LogP) is 5.53. The fourth-order valence-corrected chi connectivity index (χ4v) is 10.1. The summed E-state index contributed by atoms with van der Waals surface area (Å²) in [6, 6.07) is 26.8. The van der Waals surface area contributed by atoms with Gasteiger partial charge in [-0.1, -0.05) is 98.4 Å². The van der Waals surface area contributed by atoms with Crippen LogP contribution in [0.5, 0.6) is 0 Å². The van der Waals surface area contributed by atoms with Gasteiger partial charge in [0.2, 0.25) is 5.91 Å². The zero-order valence-corrected chi connectivity index (χ0v) is 25.0. The zero-order chi connectivity index (χ0) is 28.3. The van der Waals surface area contributed by atoms with Crippen LogP contribution in [0.15, 0.2) is 89.8 Å². The summed E-state index contributed by atoms with van der Waals surface area (Å²) < 4.78 is 29.4. The summed E-state index contributed by atoms with van der Waals surface area (Å²) in [5.74, 6) is 1.51. The molecule has 6 nitrogen and oxygen atoms in total. The third-order valence-electron chi connectivity index (χ3n) is 8.61. The molecule has 3 aromatic carbocycles. The lowest BCUT2D eigenvalue weighted by Crippen LogP contribution is -2.57. The zero-order valence-electron chi connectivity index (χ0n) is 23.4. The molecule has 2 fully saturated rings. The maximum atomic E-state index is 14.7. The molecule has 0 saturated carbocycles. The number of nitrogens with zero attached hydrogens (tertiary/aromatic N) is 2. The molecule has 2 unspecified atom stereocenters. The second-order valence-corrected chi connectivity index (χ2v) is 14.6. The van der Waals surface area contributed by atoms with Gasteiger partial charge >= 0.3 is 10.0 Å². The van der Waals surface area contributed by atoms with Gasteiger partial charge in [-0.05, 0) is 42.0 Å². The lowest BCUT2D eigenvalue weighted by molar-refractivity contribution is -0.825. The van der Waals surface area contributed by atoms with Crippen LogP contribution < -0.4 is 5.73 Å². The Morgan fingerprint density at radius 3 is 2.02 bits per heavy atom. The van der Waals surface area contributed by atoms with Crippen molar-refractivity contribution < 1.29 is 17.1 Å². The number of nitrogens with two attached hydrogens (primary N) is 1. The van der Waals surface area contributed by atoms with Gasteiger partial charge in [0.25, 0.3) is 0 Å². The van der Waals surface area contributed by atoms with Gasteiger partial charge in [0.15, 0.2) is 0 Å². The number of carbonyl (C=O) groups is 1. The summed E-state index contributed by atoms with van der Waals surface area (Å²) in [6.45, 7) is 5.71. The van der Waals surface area contributed by atoms with E-state index < -0.39 is 16.1 Å². The summed E-state index contributed by atoms with van der Waals surface area (Å²) >= 11 is 1.71. The fraction of sp³-hybridized carbons (Fsp3) is 0.406. The molecule has 2 aliphatic rings. The summed E-state index contributed by atoms with van der Waals surface area (Å²) in [7, 11) is -3.73. The van der Waals surface area contributed by atoms with E-state index in [0.717, 1.165) is 35.3 Å². The van der Waals surface area contributed by atoms with Crippen LogP contribution in [0.4, 0.5) is 0 Å². The van der Waals surface area contributed by atoms with Gasteiger partial charge < -0.3 is 10.6 Å². The molecule has 2 aliphatic heterocycles. The molecule has 5 rings (SSSR count). The molecule has 0 aliphatic carbocycles. The number of piperidine rings is 1. The fourth-order valence-electron chi connectivity index (χ4n) is 6.23. The number of quaternary nitrogens is 1. The van der Waals surface area contributed by atoms with E-state index in [0.29, 0.717) is 30.4 Å². The highest BCUT2D eigenvalue weighted by atomic mass is 32.2. The molecule has 2 N–H and O–H groups in total. The first kappa shape index (κ1) is 28.9. The number of sulfonamides is 1. The Morgan fingerprint density at radius 2 is 1.48 bits per heavy atom. The van der Waals surface area contributed by atoms with Crippen molar-refractivity contribution in [2.75, 3.05) is 31.3 Å². The van der Waals surface area contributed by atoms with Crippen LogP contribution in [0.3, 0.4) is 0 Å². The van der Waals surface area contributed by atoms with E-state index in [-0.39, 0.29) is 27.7 Å². The molecular formula is C32H40N3O3S2+. The van der Waals surface area contributed by atoms with Crippen LogP contribution in [0.25, 0.3) is 11.1 Å². The van der Waals surface area contributed by atoms with Crippen LogP contribution in [0, 0.1) is 11.8 Å². The standard InChI is InChI=1S/C32H40N3O3S2/c1-24(2)30(33)32(36)34-19-17-28(18-20-34)31(27-11-7-4-8-12-27)35(21-22-39-23-35)40(37,38)29-15-13-26(14-16-29)25-9-5-3-6-10-25/h3-16,24,28,30-31H,17-23,33H2,1-2H3/q+1/t30-,31?,35?/m0/s1. The number of carbonyl (C=O) groups excluding carboxylic acids is 1. The van der Waals surface area contributed by atoms with Crippen LogP contribution in [0.2, 0.25) is 0 Å².